The van der Waals surface area contributed by atoms with Crippen LogP contribution in [-0.4, -0.2) is 11.0 Å². The van der Waals surface area contributed by atoms with E-state index in [9.17, 15) is 9.90 Å². The van der Waals surface area contributed by atoms with Crippen molar-refractivity contribution in [1.82, 2.24) is 0 Å². The minimum Gasteiger partial charge on any atom is -0.507 e. The quantitative estimate of drug-likeness (QED) is 0.684. The summed E-state index contributed by atoms with van der Waals surface area (Å²) in [4.78, 5) is 12.6. The molecule has 0 aliphatic heterocycles. The van der Waals surface area contributed by atoms with Gasteiger partial charge in [-0.25, -0.2) is 0 Å². The van der Waals surface area contributed by atoms with Crippen LogP contribution in [0.3, 0.4) is 0 Å². The standard InChI is InChI=1S/C21H21NO2/c1-2-3-7-15-12-13-20(23)18(14-15)21(24)22-19-11-6-9-16-8-4-5-10-17(16)19/h4-6,8-14,23H,2-3,7H2,1H3,(H,22,24). The second-order valence-electron chi connectivity index (χ2n) is 5.94. The average molecular weight is 319 g/mol. The number of carbonyl (C=O) groups excluding carboxylic acids is 1. The first-order valence-corrected chi connectivity index (χ1v) is 8.30. The predicted molar refractivity (Wildman–Crippen MR) is 98.6 cm³/mol. The molecule has 3 nitrogen and oxygen atoms in total. The molecule has 0 aliphatic rings. The Morgan fingerprint density at radius 2 is 1.83 bits per heavy atom. The van der Waals surface area contributed by atoms with Crippen LogP contribution in [0.2, 0.25) is 0 Å². The van der Waals surface area contributed by atoms with E-state index in [1.165, 1.54) is 0 Å². The van der Waals surface area contributed by atoms with E-state index in [2.05, 4.69) is 12.2 Å². The van der Waals surface area contributed by atoms with Crippen molar-refractivity contribution in [3.8, 4) is 5.75 Å². The highest BCUT2D eigenvalue weighted by atomic mass is 16.3. The van der Waals surface area contributed by atoms with Gasteiger partial charge in [-0.15, -0.1) is 0 Å². The van der Waals surface area contributed by atoms with Crippen LogP contribution in [-0.2, 0) is 6.42 Å². The molecule has 3 aromatic rings. The van der Waals surface area contributed by atoms with E-state index in [0.29, 0.717) is 5.56 Å². The van der Waals surface area contributed by atoms with Crippen LogP contribution in [0, 0.1) is 0 Å². The van der Waals surface area contributed by atoms with E-state index in [-0.39, 0.29) is 11.7 Å². The molecule has 2 N–H and O–H groups in total. The van der Waals surface area contributed by atoms with Crippen LogP contribution in [0.5, 0.6) is 5.75 Å². The first-order valence-electron chi connectivity index (χ1n) is 8.30. The third-order valence-corrected chi connectivity index (χ3v) is 4.16. The van der Waals surface area contributed by atoms with Gasteiger partial charge in [0.15, 0.2) is 0 Å². The fourth-order valence-electron chi connectivity index (χ4n) is 2.83. The van der Waals surface area contributed by atoms with E-state index in [1.807, 2.05) is 48.5 Å². The summed E-state index contributed by atoms with van der Waals surface area (Å²) in [5, 5.41) is 15.0. The first-order chi connectivity index (χ1) is 11.7. The molecule has 0 saturated heterocycles. The Labute approximate surface area is 142 Å². The zero-order valence-electron chi connectivity index (χ0n) is 13.8. The number of rotatable bonds is 5. The van der Waals surface area contributed by atoms with E-state index >= 15 is 0 Å². The van der Waals surface area contributed by atoms with Gasteiger partial charge < -0.3 is 10.4 Å². The molecule has 3 rings (SSSR count). The minimum absolute atomic E-state index is 0.00739. The molecular weight excluding hydrogens is 298 g/mol. The number of amides is 1. The monoisotopic (exact) mass is 319 g/mol. The third-order valence-electron chi connectivity index (χ3n) is 4.16. The fraction of sp³-hybridized carbons (Fsp3) is 0.190. The number of phenolic OH excluding ortho intramolecular Hbond substituents is 1. The Morgan fingerprint density at radius 3 is 2.67 bits per heavy atom. The molecule has 0 atom stereocenters. The van der Waals surface area contributed by atoms with Crippen LogP contribution in [0.25, 0.3) is 10.8 Å². The molecule has 122 valence electrons. The molecular formula is C21H21NO2. The lowest BCUT2D eigenvalue weighted by Gasteiger charge is -2.11. The molecule has 0 radical (unpaired) electrons. The molecule has 3 heteroatoms. The normalized spacial score (nSPS) is 10.7. The topological polar surface area (TPSA) is 49.3 Å². The minimum atomic E-state index is -0.290. The number of anilines is 1. The second-order valence-corrected chi connectivity index (χ2v) is 5.94. The number of aromatic hydroxyl groups is 1. The molecule has 0 saturated carbocycles. The van der Waals surface area contributed by atoms with Crippen molar-refractivity contribution < 1.29 is 9.90 Å². The molecule has 0 bridgehead atoms. The summed E-state index contributed by atoms with van der Waals surface area (Å²) in [6, 6.07) is 18.9. The van der Waals surface area contributed by atoms with Gasteiger partial charge in [0.2, 0.25) is 0 Å². The Morgan fingerprint density at radius 1 is 1.04 bits per heavy atom. The van der Waals surface area contributed by atoms with Gasteiger partial charge in [-0.1, -0.05) is 55.8 Å². The number of hydrogen-bond donors (Lipinski definition) is 2. The zero-order valence-corrected chi connectivity index (χ0v) is 13.8. The Bertz CT molecular complexity index is 865. The lowest BCUT2D eigenvalue weighted by atomic mass is 10.0. The highest BCUT2D eigenvalue weighted by molar-refractivity contribution is 6.10. The summed E-state index contributed by atoms with van der Waals surface area (Å²) in [7, 11) is 0. The molecule has 1 amide bonds. The van der Waals surface area contributed by atoms with Crippen LogP contribution in [0.1, 0.15) is 35.7 Å². The number of unbranched alkanes of at least 4 members (excludes halogenated alkanes) is 1. The summed E-state index contributed by atoms with van der Waals surface area (Å²) >= 11 is 0. The van der Waals surface area contributed by atoms with Crippen molar-refractivity contribution in [2.75, 3.05) is 5.32 Å². The molecule has 0 heterocycles. The van der Waals surface area contributed by atoms with Crippen LogP contribution in [0.4, 0.5) is 5.69 Å². The first kappa shape index (κ1) is 16.1. The lowest BCUT2D eigenvalue weighted by molar-refractivity contribution is 0.102. The maximum absolute atomic E-state index is 12.6. The number of benzene rings is 3. The molecule has 0 unspecified atom stereocenters. The number of hydrogen-bond acceptors (Lipinski definition) is 2. The van der Waals surface area contributed by atoms with Crippen molar-refractivity contribution in [2.45, 2.75) is 26.2 Å². The van der Waals surface area contributed by atoms with Crippen LogP contribution < -0.4 is 5.32 Å². The van der Waals surface area contributed by atoms with E-state index in [0.717, 1.165) is 41.3 Å². The second kappa shape index (κ2) is 7.18. The van der Waals surface area contributed by atoms with Crippen molar-refractivity contribution in [2.24, 2.45) is 0 Å². The van der Waals surface area contributed by atoms with Gasteiger partial charge >= 0.3 is 0 Å². The van der Waals surface area contributed by atoms with E-state index < -0.39 is 0 Å². The van der Waals surface area contributed by atoms with Crippen molar-refractivity contribution in [3.63, 3.8) is 0 Å². The Hall–Kier alpha value is -2.81. The van der Waals surface area contributed by atoms with Crippen LogP contribution in [0.15, 0.2) is 60.7 Å². The number of carbonyl (C=O) groups is 1. The van der Waals surface area contributed by atoms with Crippen molar-refractivity contribution >= 4 is 22.4 Å². The van der Waals surface area contributed by atoms with Crippen LogP contribution >= 0.6 is 0 Å². The van der Waals surface area contributed by atoms with Crippen molar-refractivity contribution in [3.05, 3.63) is 71.8 Å². The Kier molecular flexibility index (Phi) is 4.80. The summed E-state index contributed by atoms with van der Waals surface area (Å²) in [6.07, 6.45) is 3.07. The van der Waals surface area contributed by atoms with Crippen molar-refractivity contribution in [1.29, 1.82) is 0 Å². The van der Waals surface area contributed by atoms with Gasteiger partial charge in [0.05, 0.1) is 5.56 Å². The van der Waals surface area contributed by atoms with Gasteiger partial charge in [0, 0.05) is 11.1 Å². The summed E-state index contributed by atoms with van der Waals surface area (Å²) in [5.41, 5.74) is 2.13. The van der Waals surface area contributed by atoms with Gasteiger partial charge in [-0.2, -0.15) is 0 Å². The molecule has 0 fully saturated rings. The third kappa shape index (κ3) is 3.40. The maximum Gasteiger partial charge on any atom is 0.259 e. The average Bonchev–Trinajstić information content (AvgIpc) is 2.61. The largest absolute Gasteiger partial charge is 0.507 e. The summed E-state index contributed by atoms with van der Waals surface area (Å²) < 4.78 is 0. The highest BCUT2D eigenvalue weighted by Crippen LogP contribution is 2.25. The maximum atomic E-state index is 12.6. The van der Waals surface area contributed by atoms with Gasteiger partial charge in [0.1, 0.15) is 5.75 Å². The Balaban J connectivity index is 1.89. The lowest BCUT2D eigenvalue weighted by Crippen LogP contribution is -2.12. The molecule has 0 aliphatic carbocycles. The number of phenols is 1. The highest BCUT2D eigenvalue weighted by Gasteiger charge is 2.13. The summed E-state index contributed by atoms with van der Waals surface area (Å²) in [6.45, 7) is 2.13. The van der Waals surface area contributed by atoms with E-state index in [1.54, 1.807) is 12.1 Å². The number of aryl methyl sites for hydroxylation is 1. The van der Waals surface area contributed by atoms with Gasteiger partial charge in [-0.3, -0.25) is 4.79 Å². The van der Waals surface area contributed by atoms with E-state index in [4.69, 9.17) is 0 Å². The zero-order chi connectivity index (χ0) is 16.9. The fourth-order valence-corrected chi connectivity index (χ4v) is 2.83. The summed E-state index contributed by atoms with van der Waals surface area (Å²) in [5.74, 6) is -0.282. The number of fused-ring (bicyclic) bond motifs is 1. The van der Waals surface area contributed by atoms with Gasteiger partial charge in [0.25, 0.3) is 5.91 Å². The molecule has 0 spiro atoms. The van der Waals surface area contributed by atoms with Gasteiger partial charge in [-0.05, 0) is 42.0 Å². The SMILES string of the molecule is CCCCc1ccc(O)c(C(=O)Nc2cccc3ccccc23)c1. The smallest absolute Gasteiger partial charge is 0.259 e. The molecule has 3 aromatic carbocycles. The molecule has 0 aromatic heterocycles. The molecule has 24 heavy (non-hydrogen) atoms. The number of nitrogens with one attached hydrogen (secondary N) is 1. The predicted octanol–water partition coefficient (Wildman–Crippen LogP) is 5.14.